The Labute approximate surface area is 162 Å². The predicted octanol–water partition coefficient (Wildman–Crippen LogP) is 2.39. The van der Waals surface area contributed by atoms with Gasteiger partial charge in [-0.2, -0.15) is 4.98 Å². The van der Waals surface area contributed by atoms with Gasteiger partial charge in [-0.05, 0) is 32.2 Å². The van der Waals surface area contributed by atoms with Crippen LogP contribution in [0.25, 0.3) is 0 Å². The smallest absolute Gasteiger partial charge is 0.255 e. The summed E-state index contributed by atoms with van der Waals surface area (Å²) in [6, 6.07) is 0. The van der Waals surface area contributed by atoms with Gasteiger partial charge in [0.15, 0.2) is 11.4 Å². The van der Waals surface area contributed by atoms with Crippen molar-refractivity contribution in [3.63, 3.8) is 0 Å². The number of amides is 1. The zero-order valence-corrected chi connectivity index (χ0v) is 16.8. The number of aromatic nitrogens is 2. The first kappa shape index (κ1) is 20.3. The van der Waals surface area contributed by atoms with Crippen LogP contribution in [0, 0.1) is 5.92 Å². The molecule has 0 aromatic carbocycles. The van der Waals surface area contributed by atoms with Crippen molar-refractivity contribution in [1.82, 2.24) is 19.9 Å². The lowest BCUT2D eigenvalue weighted by Crippen LogP contribution is -2.58. The highest BCUT2D eigenvalue weighted by atomic mass is 16.5. The maximum Gasteiger partial charge on any atom is 0.255 e. The lowest BCUT2D eigenvalue weighted by molar-refractivity contribution is -0.159. The minimum atomic E-state index is -1.31. The second-order valence-corrected chi connectivity index (χ2v) is 8.35. The summed E-state index contributed by atoms with van der Waals surface area (Å²) in [5, 5.41) is 14.9. The Morgan fingerprint density at radius 2 is 2.07 bits per heavy atom. The van der Waals surface area contributed by atoms with Crippen molar-refractivity contribution < 1.29 is 14.4 Å². The minimum absolute atomic E-state index is 0.115. The summed E-state index contributed by atoms with van der Waals surface area (Å²) >= 11 is 0. The van der Waals surface area contributed by atoms with Gasteiger partial charge in [0.05, 0.1) is 6.54 Å². The molecule has 0 bridgehead atoms. The highest BCUT2D eigenvalue weighted by Crippen LogP contribution is 2.29. The molecule has 1 N–H and O–H groups in total. The largest absolute Gasteiger partial charge is 0.379 e. The third kappa shape index (κ3) is 5.29. The number of likely N-dealkylation sites (tertiary alicyclic amines) is 1. The van der Waals surface area contributed by atoms with Gasteiger partial charge in [-0.25, -0.2) is 0 Å². The highest BCUT2D eigenvalue weighted by Gasteiger charge is 2.43. The molecule has 0 radical (unpaired) electrons. The molecule has 7 heteroatoms. The monoisotopic (exact) mass is 378 g/mol. The molecule has 3 rings (SSSR count). The van der Waals surface area contributed by atoms with E-state index in [1.807, 2.05) is 23.8 Å². The number of rotatable bonds is 8. The summed E-state index contributed by atoms with van der Waals surface area (Å²) in [4.78, 5) is 21.0. The molecule has 7 nitrogen and oxygen atoms in total. The summed E-state index contributed by atoms with van der Waals surface area (Å²) in [5.41, 5.74) is -1.31. The van der Waals surface area contributed by atoms with Crippen LogP contribution in [0.2, 0.25) is 0 Å². The number of piperidine rings is 1. The lowest BCUT2D eigenvalue weighted by atomic mass is 9.86. The van der Waals surface area contributed by atoms with Crippen LogP contribution in [0.15, 0.2) is 4.52 Å². The third-order valence-electron chi connectivity index (χ3n) is 6.00. The normalized spacial score (nSPS) is 24.7. The van der Waals surface area contributed by atoms with Gasteiger partial charge in [0.2, 0.25) is 5.89 Å². The summed E-state index contributed by atoms with van der Waals surface area (Å²) in [5.74, 6) is 1.83. The van der Waals surface area contributed by atoms with E-state index in [1.54, 1.807) is 0 Å². The first-order valence-corrected chi connectivity index (χ1v) is 10.5. The van der Waals surface area contributed by atoms with E-state index in [0.717, 1.165) is 38.3 Å². The molecule has 2 fully saturated rings. The molecule has 1 saturated carbocycles. The first-order valence-electron chi connectivity index (χ1n) is 10.5. The number of aliphatic hydroxyl groups is 1. The number of carbonyl (C=O) groups excluding carboxylic acids is 1. The van der Waals surface area contributed by atoms with Crippen molar-refractivity contribution >= 4 is 5.91 Å². The van der Waals surface area contributed by atoms with E-state index in [9.17, 15) is 9.90 Å². The lowest BCUT2D eigenvalue weighted by Gasteiger charge is -2.40. The van der Waals surface area contributed by atoms with E-state index in [1.165, 1.54) is 32.1 Å². The van der Waals surface area contributed by atoms with Gasteiger partial charge in [-0.1, -0.05) is 44.2 Å². The highest BCUT2D eigenvalue weighted by molar-refractivity contribution is 5.86. The maximum atomic E-state index is 13.0. The second-order valence-electron chi connectivity index (χ2n) is 8.35. The summed E-state index contributed by atoms with van der Waals surface area (Å²) in [6.45, 7) is 4.24. The van der Waals surface area contributed by atoms with E-state index in [0.29, 0.717) is 24.7 Å². The average molecular weight is 379 g/mol. The molecule has 0 unspecified atom stereocenters. The van der Waals surface area contributed by atoms with Crippen LogP contribution >= 0.6 is 0 Å². The van der Waals surface area contributed by atoms with Gasteiger partial charge in [0.25, 0.3) is 5.91 Å². The maximum absolute atomic E-state index is 13.0. The summed E-state index contributed by atoms with van der Waals surface area (Å²) in [7, 11) is 1.88. The zero-order valence-electron chi connectivity index (χ0n) is 16.8. The number of hydrogen-bond acceptors (Lipinski definition) is 6. The Morgan fingerprint density at radius 3 is 2.78 bits per heavy atom. The fourth-order valence-electron chi connectivity index (χ4n) is 4.47. The SMILES string of the molecule is CCc1noc(CN(C)C[C@@]2(O)CCCN(CCC3CCCCC3)C2=O)n1. The summed E-state index contributed by atoms with van der Waals surface area (Å²) in [6.07, 6.45) is 9.74. The van der Waals surface area contributed by atoms with Crippen molar-refractivity contribution in [2.75, 3.05) is 26.7 Å². The van der Waals surface area contributed by atoms with Gasteiger partial charge in [0, 0.05) is 26.1 Å². The molecule has 152 valence electrons. The van der Waals surface area contributed by atoms with Gasteiger partial charge in [-0.15, -0.1) is 0 Å². The molecule has 0 spiro atoms. The van der Waals surface area contributed by atoms with Crippen LogP contribution in [-0.4, -0.2) is 63.2 Å². The Morgan fingerprint density at radius 1 is 1.30 bits per heavy atom. The molecule has 1 saturated heterocycles. The standard InChI is InChI=1S/C20H34N4O3/c1-3-17-21-18(27-22-17)14-23(2)15-20(26)11-7-12-24(19(20)25)13-10-16-8-5-4-6-9-16/h16,26H,3-15H2,1-2H3/t20-/m0/s1. The molecule has 27 heavy (non-hydrogen) atoms. The van der Waals surface area contributed by atoms with Crippen molar-refractivity contribution in [2.45, 2.75) is 76.9 Å². The van der Waals surface area contributed by atoms with Crippen molar-refractivity contribution in [1.29, 1.82) is 0 Å². The Balaban J connectivity index is 1.52. The number of likely N-dealkylation sites (N-methyl/N-ethyl adjacent to an activating group) is 1. The minimum Gasteiger partial charge on any atom is -0.379 e. The Kier molecular flexibility index (Phi) is 6.87. The average Bonchev–Trinajstić information content (AvgIpc) is 3.11. The van der Waals surface area contributed by atoms with E-state index in [4.69, 9.17) is 4.52 Å². The van der Waals surface area contributed by atoms with Crippen LogP contribution in [0.3, 0.4) is 0 Å². The van der Waals surface area contributed by atoms with Crippen molar-refractivity contribution in [3.05, 3.63) is 11.7 Å². The van der Waals surface area contributed by atoms with Crippen LogP contribution in [-0.2, 0) is 17.8 Å². The van der Waals surface area contributed by atoms with Gasteiger partial charge in [0.1, 0.15) is 0 Å². The molecule has 2 heterocycles. The van der Waals surface area contributed by atoms with E-state index < -0.39 is 5.60 Å². The number of hydrogen-bond donors (Lipinski definition) is 1. The second kappa shape index (κ2) is 9.15. The van der Waals surface area contributed by atoms with Crippen LogP contribution in [0.4, 0.5) is 0 Å². The molecule has 1 aliphatic carbocycles. The Bertz CT molecular complexity index is 614. The first-order chi connectivity index (χ1) is 13.0. The van der Waals surface area contributed by atoms with E-state index in [-0.39, 0.29) is 12.5 Å². The molecular formula is C20H34N4O3. The molecule has 1 aliphatic heterocycles. The van der Waals surface area contributed by atoms with E-state index in [2.05, 4.69) is 10.1 Å². The topological polar surface area (TPSA) is 82.7 Å². The molecule has 1 amide bonds. The molecule has 1 aromatic rings. The molecule has 1 aromatic heterocycles. The van der Waals surface area contributed by atoms with Gasteiger partial charge < -0.3 is 14.5 Å². The zero-order chi connectivity index (χ0) is 19.3. The Hall–Kier alpha value is -1.47. The fraction of sp³-hybridized carbons (Fsp3) is 0.850. The van der Waals surface area contributed by atoms with Crippen LogP contribution < -0.4 is 0 Å². The number of carbonyl (C=O) groups is 1. The van der Waals surface area contributed by atoms with Crippen LogP contribution in [0.5, 0.6) is 0 Å². The van der Waals surface area contributed by atoms with Gasteiger partial charge >= 0.3 is 0 Å². The molecule has 2 aliphatic rings. The summed E-state index contributed by atoms with van der Waals surface area (Å²) < 4.78 is 5.22. The predicted molar refractivity (Wildman–Crippen MR) is 102 cm³/mol. The molecular weight excluding hydrogens is 344 g/mol. The van der Waals surface area contributed by atoms with Gasteiger partial charge in [-0.3, -0.25) is 9.69 Å². The third-order valence-corrected chi connectivity index (χ3v) is 6.00. The van der Waals surface area contributed by atoms with Crippen molar-refractivity contribution in [2.24, 2.45) is 5.92 Å². The van der Waals surface area contributed by atoms with Crippen molar-refractivity contribution in [3.8, 4) is 0 Å². The molecule has 1 atom stereocenters. The quantitative estimate of drug-likeness (QED) is 0.748. The van der Waals surface area contributed by atoms with Crippen LogP contribution in [0.1, 0.15) is 70.0 Å². The van der Waals surface area contributed by atoms with E-state index >= 15 is 0 Å². The fourth-order valence-corrected chi connectivity index (χ4v) is 4.47. The number of aryl methyl sites for hydroxylation is 1. The number of nitrogens with zero attached hydrogens (tertiary/aromatic N) is 4.